The molecule has 0 aromatic heterocycles. The highest BCUT2D eigenvalue weighted by molar-refractivity contribution is 5.80. The molecule has 0 radical (unpaired) electrons. The lowest BCUT2D eigenvalue weighted by atomic mass is 9.79. The van der Waals surface area contributed by atoms with E-state index in [0.717, 1.165) is 18.4 Å². The lowest BCUT2D eigenvalue weighted by Gasteiger charge is -2.47. The van der Waals surface area contributed by atoms with Crippen LogP contribution in [-0.4, -0.2) is 56.5 Å². The van der Waals surface area contributed by atoms with Crippen LogP contribution in [0.1, 0.15) is 36.8 Å². The van der Waals surface area contributed by atoms with Gasteiger partial charge < -0.3 is 10.2 Å². The van der Waals surface area contributed by atoms with Crippen LogP contribution in [0.3, 0.4) is 0 Å². The number of nitrogens with zero attached hydrogens (tertiary/aromatic N) is 2. The third kappa shape index (κ3) is 4.57. The van der Waals surface area contributed by atoms with Gasteiger partial charge in [0.15, 0.2) is 0 Å². The van der Waals surface area contributed by atoms with E-state index in [1.165, 1.54) is 11.6 Å². The van der Waals surface area contributed by atoms with Crippen LogP contribution >= 0.6 is 0 Å². The monoisotopic (exact) mass is 411 g/mol. The highest BCUT2D eigenvalue weighted by Crippen LogP contribution is 2.38. The first-order chi connectivity index (χ1) is 14.4. The van der Waals surface area contributed by atoms with Crippen molar-refractivity contribution in [3.05, 3.63) is 71.5 Å². The minimum atomic E-state index is -0.248. The van der Waals surface area contributed by atoms with Crippen LogP contribution in [0.25, 0.3) is 0 Å². The molecule has 1 aliphatic heterocycles. The molecular formula is C25H34FN3O. The smallest absolute Gasteiger partial charge is 0.227 e. The number of likely N-dealkylation sites (tertiary alicyclic amines) is 1. The molecule has 0 spiro atoms. The van der Waals surface area contributed by atoms with Gasteiger partial charge in [0.1, 0.15) is 5.82 Å². The number of carbonyl (C=O) groups excluding carboxylic acids is 1. The van der Waals surface area contributed by atoms with E-state index >= 15 is 0 Å². The molecule has 0 aliphatic carbocycles. The van der Waals surface area contributed by atoms with Crippen LogP contribution in [0, 0.1) is 11.7 Å². The molecule has 1 heterocycles. The number of rotatable bonds is 7. The largest absolute Gasteiger partial charge is 0.342 e. The summed E-state index contributed by atoms with van der Waals surface area (Å²) >= 11 is 0. The number of halogens is 1. The maximum atomic E-state index is 13.9. The number of piperidine rings is 1. The molecule has 0 bridgehead atoms. The molecule has 5 heteroatoms. The van der Waals surface area contributed by atoms with Crippen molar-refractivity contribution in [2.24, 2.45) is 5.92 Å². The summed E-state index contributed by atoms with van der Waals surface area (Å²) in [7, 11) is 5.99. The first kappa shape index (κ1) is 22.4. The molecule has 1 N–H and O–H groups in total. The summed E-state index contributed by atoms with van der Waals surface area (Å²) < 4.78 is 13.9. The summed E-state index contributed by atoms with van der Waals surface area (Å²) in [5.74, 6) is 0.0126. The number of hydrogen-bond acceptors (Lipinski definition) is 3. The highest BCUT2D eigenvalue weighted by atomic mass is 19.1. The molecule has 1 saturated heterocycles. The van der Waals surface area contributed by atoms with Gasteiger partial charge in [-0.15, -0.1) is 0 Å². The third-order valence-electron chi connectivity index (χ3n) is 6.79. The van der Waals surface area contributed by atoms with Crippen molar-refractivity contribution < 1.29 is 9.18 Å². The van der Waals surface area contributed by atoms with Crippen LogP contribution in [0.15, 0.2) is 54.6 Å². The molecule has 30 heavy (non-hydrogen) atoms. The van der Waals surface area contributed by atoms with Crippen molar-refractivity contribution in [3.63, 3.8) is 0 Å². The molecule has 1 fully saturated rings. The maximum Gasteiger partial charge on any atom is 0.227 e. The fraction of sp³-hybridized carbons (Fsp3) is 0.480. The van der Waals surface area contributed by atoms with Crippen LogP contribution in [-0.2, 0) is 10.3 Å². The quantitative estimate of drug-likeness (QED) is 0.752. The van der Waals surface area contributed by atoms with Crippen LogP contribution in [0.4, 0.5) is 4.39 Å². The second-order valence-electron chi connectivity index (χ2n) is 8.63. The van der Waals surface area contributed by atoms with E-state index in [4.69, 9.17) is 0 Å². The fourth-order valence-electron chi connectivity index (χ4n) is 4.79. The van der Waals surface area contributed by atoms with E-state index in [1.54, 1.807) is 12.1 Å². The molecule has 2 aromatic rings. The van der Waals surface area contributed by atoms with E-state index < -0.39 is 0 Å². The molecule has 2 atom stereocenters. The number of carbonyl (C=O) groups is 1. The zero-order chi connectivity index (χ0) is 21.7. The van der Waals surface area contributed by atoms with Gasteiger partial charge >= 0.3 is 0 Å². The zero-order valence-corrected chi connectivity index (χ0v) is 18.6. The molecule has 3 rings (SSSR count). The highest BCUT2D eigenvalue weighted by Gasteiger charge is 2.41. The summed E-state index contributed by atoms with van der Waals surface area (Å²) in [6.45, 7) is 4.13. The lowest BCUT2D eigenvalue weighted by Crippen LogP contribution is -2.53. The van der Waals surface area contributed by atoms with Crippen LogP contribution < -0.4 is 5.32 Å². The summed E-state index contributed by atoms with van der Waals surface area (Å²) in [5, 5.41) is 3.21. The molecule has 162 valence electrons. The van der Waals surface area contributed by atoms with E-state index in [1.807, 2.05) is 50.3 Å². The zero-order valence-electron chi connectivity index (χ0n) is 18.6. The Bertz CT molecular complexity index is 831. The van der Waals surface area contributed by atoms with Crippen molar-refractivity contribution in [3.8, 4) is 0 Å². The fourth-order valence-corrected chi connectivity index (χ4v) is 4.79. The molecular weight excluding hydrogens is 377 g/mol. The van der Waals surface area contributed by atoms with Crippen molar-refractivity contribution in [2.45, 2.75) is 31.2 Å². The van der Waals surface area contributed by atoms with E-state index in [9.17, 15) is 9.18 Å². The average Bonchev–Trinajstić information content (AvgIpc) is 2.77. The van der Waals surface area contributed by atoms with Gasteiger partial charge in [-0.2, -0.15) is 0 Å². The molecule has 2 unspecified atom stereocenters. The minimum absolute atomic E-state index is 0.113. The predicted octanol–water partition coefficient (Wildman–Crippen LogP) is 3.84. The number of hydrogen-bond donors (Lipinski definition) is 1. The van der Waals surface area contributed by atoms with Gasteiger partial charge in [0, 0.05) is 25.2 Å². The van der Waals surface area contributed by atoms with Gasteiger partial charge in [-0.3, -0.25) is 9.69 Å². The van der Waals surface area contributed by atoms with Gasteiger partial charge in [0.25, 0.3) is 0 Å². The Labute approximate surface area is 180 Å². The van der Waals surface area contributed by atoms with E-state index in [0.29, 0.717) is 19.6 Å². The SMILES string of the molecule is CNCC(C(=O)N1CCC(c2cccc(F)c2)(N(C)C)CC1)C(C)c1ccccc1. The summed E-state index contributed by atoms with van der Waals surface area (Å²) in [6, 6.07) is 17.1. The Hall–Kier alpha value is -2.24. The topological polar surface area (TPSA) is 35.6 Å². The van der Waals surface area contributed by atoms with Gasteiger partial charge in [0.2, 0.25) is 5.91 Å². The minimum Gasteiger partial charge on any atom is -0.342 e. The van der Waals surface area contributed by atoms with Crippen molar-refractivity contribution >= 4 is 5.91 Å². The Balaban J connectivity index is 1.77. The second kappa shape index (κ2) is 9.71. The van der Waals surface area contributed by atoms with Crippen molar-refractivity contribution in [1.82, 2.24) is 15.1 Å². The number of nitrogens with one attached hydrogen (secondary N) is 1. The molecule has 4 nitrogen and oxygen atoms in total. The summed E-state index contributed by atoms with van der Waals surface area (Å²) in [6.07, 6.45) is 1.59. The average molecular weight is 412 g/mol. The molecule has 2 aromatic carbocycles. The second-order valence-corrected chi connectivity index (χ2v) is 8.63. The predicted molar refractivity (Wildman–Crippen MR) is 120 cm³/mol. The lowest BCUT2D eigenvalue weighted by molar-refractivity contribution is -0.138. The van der Waals surface area contributed by atoms with Gasteiger partial charge in [-0.1, -0.05) is 49.4 Å². The molecule has 1 aliphatic rings. The first-order valence-corrected chi connectivity index (χ1v) is 10.8. The number of benzene rings is 2. The van der Waals surface area contributed by atoms with E-state index in [-0.39, 0.29) is 29.1 Å². The Morgan fingerprint density at radius 1 is 1.13 bits per heavy atom. The van der Waals surface area contributed by atoms with E-state index in [2.05, 4.69) is 29.3 Å². The van der Waals surface area contributed by atoms with Crippen LogP contribution in [0.5, 0.6) is 0 Å². The Morgan fingerprint density at radius 3 is 2.37 bits per heavy atom. The Kier molecular flexibility index (Phi) is 7.27. The first-order valence-electron chi connectivity index (χ1n) is 10.8. The third-order valence-corrected chi connectivity index (χ3v) is 6.79. The normalized spacial score (nSPS) is 18.3. The van der Waals surface area contributed by atoms with Gasteiger partial charge in [-0.25, -0.2) is 4.39 Å². The number of amides is 1. The van der Waals surface area contributed by atoms with Crippen molar-refractivity contribution in [1.29, 1.82) is 0 Å². The maximum absolute atomic E-state index is 13.9. The Morgan fingerprint density at radius 2 is 1.80 bits per heavy atom. The molecule has 0 saturated carbocycles. The summed E-state index contributed by atoms with van der Waals surface area (Å²) in [4.78, 5) is 17.7. The van der Waals surface area contributed by atoms with Crippen LogP contribution in [0.2, 0.25) is 0 Å². The standard InChI is InChI=1S/C25H34FN3O/c1-19(20-9-6-5-7-10-20)23(18-27-2)24(30)29-15-13-25(14-16-29,28(3)4)21-11-8-12-22(26)17-21/h5-12,17,19,23,27H,13-16,18H2,1-4H3. The summed E-state index contributed by atoms with van der Waals surface area (Å²) in [5.41, 5.74) is 1.93. The van der Waals surface area contributed by atoms with Crippen molar-refractivity contribution in [2.75, 3.05) is 40.8 Å². The van der Waals surface area contributed by atoms with Gasteiger partial charge in [-0.05, 0) is 63.2 Å². The van der Waals surface area contributed by atoms with Gasteiger partial charge in [0.05, 0.1) is 5.92 Å². The molecule has 1 amide bonds.